The third-order valence-corrected chi connectivity index (χ3v) is 6.07. The highest BCUT2D eigenvalue weighted by Gasteiger charge is 2.14. The maximum atomic E-state index is 9.18. The molecule has 0 radical (unpaired) electrons. The summed E-state index contributed by atoms with van der Waals surface area (Å²) < 4.78 is 0. The lowest BCUT2D eigenvalue weighted by molar-refractivity contribution is 1.48. The van der Waals surface area contributed by atoms with Crippen LogP contribution >= 0.6 is 0 Å². The molecule has 6 rings (SSSR count). The third-order valence-electron chi connectivity index (χ3n) is 6.07. The molecule has 138 valence electrons. The maximum Gasteiger partial charge on any atom is 0.0991 e. The van der Waals surface area contributed by atoms with Crippen LogP contribution in [0.5, 0.6) is 0 Å². The molecule has 0 aliphatic heterocycles. The van der Waals surface area contributed by atoms with Gasteiger partial charge in [0.1, 0.15) is 0 Å². The third kappa shape index (κ3) is 2.35. The molecule has 0 bridgehead atoms. The number of nitriles is 1. The number of rotatable bonds is 1. The average Bonchev–Trinajstić information content (AvgIpc) is 2.83. The van der Waals surface area contributed by atoms with Crippen LogP contribution in [0.15, 0.2) is 103 Å². The fourth-order valence-electron chi connectivity index (χ4n) is 4.73. The minimum Gasteiger partial charge on any atom is -0.192 e. The first-order valence-electron chi connectivity index (χ1n) is 10.1. The molecule has 0 atom stereocenters. The van der Waals surface area contributed by atoms with Crippen molar-refractivity contribution in [1.29, 1.82) is 5.26 Å². The van der Waals surface area contributed by atoms with Crippen LogP contribution in [-0.4, -0.2) is 0 Å². The van der Waals surface area contributed by atoms with Gasteiger partial charge in [0.2, 0.25) is 0 Å². The van der Waals surface area contributed by atoms with Gasteiger partial charge in [-0.15, -0.1) is 0 Å². The van der Waals surface area contributed by atoms with Gasteiger partial charge in [0, 0.05) is 0 Å². The van der Waals surface area contributed by atoms with Crippen molar-refractivity contribution in [2.24, 2.45) is 0 Å². The van der Waals surface area contributed by atoms with Gasteiger partial charge in [-0.3, -0.25) is 0 Å². The summed E-state index contributed by atoms with van der Waals surface area (Å²) in [4.78, 5) is 0. The molecule has 0 heterocycles. The van der Waals surface area contributed by atoms with E-state index < -0.39 is 0 Å². The maximum absolute atomic E-state index is 9.18. The average molecular weight is 379 g/mol. The quantitative estimate of drug-likeness (QED) is 0.267. The Kier molecular flexibility index (Phi) is 3.60. The molecule has 0 aromatic heterocycles. The Balaban J connectivity index is 1.87. The number of hydrogen-bond donors (Lipinski definition) is 0. The molecule has 0 aliphatic rings. The minimum atomic E-state index is 0.681. The van der Waals surface area contributed by atoms with Crippen molar-refractivity contribution in [3.63, 3.8) is 0 Å². The Morgan fingerprint density at radius 2 is 0.933 bits per heavy atom. The zero-order chi connectivity index (χ0) is 20.1. The normalized spacial score (nSPS) is 11.3. The monoisotopic (exact) mass is 379 g/mol. The van der Waals surface area contributed by atoms with Gasteiger partial charge in [-0.05, 0) is 72.4 Å². The van der Waals surface area contributed by atoms with Gasteiger partial charge >= 0.3 is 0 Å². The molecule has 6 aromatic carbocycles. The van der Waals surface area contributed by atoms with Gasteiger partial charge in [-0.25, -0.2) is 0 Å². The molecule has 0 N–H and O–H groups in total. The van der Waals surface area contributed by atoms with E-state index in [4.69, 9.17) is 0 Å². The SMILES string of the molecule is N#Cc1ccc(-c2cc3c4ccccc4c4ccccc4c3c3ccccc23)cc1. The fourth-order valence-corrected chi connectivity index (χ4v) is 4.73. The Morgan fingerprint density at radius 1 is 0.467 bits per heavy atom. The second-order valence-electron chi connectivity index (χ2n) is 7.67. The van der Waals surface area contributed by atoms with Crippen LogP contribution in [0.2, 0.25) is 0 Å². The Bertz CT molecular complexity index is 1630. The van der Waals surface area contributed by atoms with Crippen molar-refractivity contribution >= 4 is 43.1 Å². The molecule has 0 amide bonds. The second-order valence-corrected chi connectivity index (χ2v) is 7.67. The number of nitrogens with zero attached hydrogens (tertiary/aromatic N) is 1. The van der Waals surface area contributed by atoms with Gasteiger partial charge in [-0.1, -0.05) is 84.9 Å². The molecule has 0 spiro atoms. The molecule has 0 aliphatic carbocycles. The van der Waals surface area contributed by atoms with Crippen molar-refractivity contribution in [3.05, 3.63) is 109 Å². The standard InChI is InChI=1S/C29H17N/c30-18-19-13-15-20(16-14-19)27-17-28-23-9-2-1-7-21(23)22-8-3-5-11-25(22)29(28)26-12-6-4-10-24(26)27/h1-17H. The van der Waals surface area contributed by atoms with E-state index in [2.05, 4.69) is 97.1 Å². The summed E-state index contributed by atoms with van der Waals surface area (Å²) >= 11 is 0. The van der Waals surface area contributed by atoms with Crippen molar-refractivity contribution in [2.75, 3.05) is 0 Å². The first kappa shape index (κ1) is 16.8. The smallest absolute Gasteiger partial charge is 0.0991 e. The van der Waals surface area contributed by atoms with Gasteiger partial charge in [0.15, 0.2) is 0 Å². The summed E-state index contributed by atoms with van der Waals surface area (Å²) in [6.07, 6.45) is 0. The predicted octanol–water partition coefficient (Wildman–Crippen LogP) is 7.84. The highest BCUT2D eigenvalue weighted by molar-refractivity contribution is 6.32. The predicted molar refractivity (Wildman–Crippen MR) is 127 cm³/mol. The van der Waals surface area contributed by atoms with Crippen molar-refractivity contribution in [1.82, 2.24) is 0 Å². The molecule has 30 heavy (non-hydrogen) atoms. The Hall–Kier alpha value is -4.15. The molecular formula is C29H17N. The Labute approximate surface area is 174 Å². The molecular weight excluding hydrogens is 362 g/mol. The summed E-state index contributed by atoms with van der Waals surface area (Å²) in [6, 6.07) is 38.5. The van der Waals surface area contributed by atoms with E-state index in [-0.39, 0.29) is 0 Å². The fraction of sp³-hybridized carbons (Fsp3) is 0. The lowest BCUT2D eigenvalue weighted by Crippen LogP contribution is -1.88. The minimum absolute atomic E-state index is 0.681. The lowest BCUT2D eigenvalue weighted by Gasteiger charge is -2.16. The van der Waals surface area contributed by atoms with Crippen molar-refractivity contribution in [3.8, 4) is 17.2 Å². The van der Waals surface area contributed by atoms with Gasteiger partial charge in [-0.2, -0.15) is 5.26 Å². The van der Waals surface area contributed by atoms with Crippen LogP contribution in [0.25, 0.3) is 54.2 Å². The number of fused-ring (bicyclic) bond motifs is 8. The van der Waals surface area contributed by atoms with Gasteiger partial charge in [0.05, 0.1) is 11.6 Å². The van der Waals surface area contributed by atoms with E-state index in [1.165, 1.54) is 48.7 Å². The summed E-state index contributed by atoms with van der Waals surface area (Å²) in [5.74, 6) is 0. The zero-order valence-electron chi connectivity index (χ0n) is 16.3. The van der Waals surface area contributed by atoms with Crippen LogP contribution in [0.4, 0.5) is 0 Å². The van der Waals surface area contributed by atoms with E-state index in [1.54, 1.807) is 0 Å². The van der Waals surface area contributed by atoms with Crippen LogP contribution < -0.4 is 0 Å². The summed E-state index contributed by atoms with van der Waals surface area (Å²) in [5.41, 5.74) is 3.01. The molecule has 1 heteroatoms. The van der Waals surface area contributed by atoms with E-state index >= 15 is 0 Å². The number of benzene rings is 6. The molecule has 0 saturated carbocycles. The molecule has 0 fully saturated rings. The van der Waals surface area contributed by atoms with Crippen LogP contribution in [-0.2, 0) is 0 Å². The lowest BCUT2D eigenvalue weighted by atomic mass is 9.87. The first-order valence-corrected chi connectivity index (χ1v) is 10.1. The van der Waals surface area contributed by atoms with Crippen LogP contribution in [0.1, 0.15) is 5.56 Å². The van der Waals surface area contributed by atoms with Gasteiger partial charge in [0.25, 0.3) is 0 Å². The molecule has 0 saturated heterocycles. The molecule has 6 aromatic rings. The van der Waals surface area contributed by atoms with E-state index in [0.29, 0.717) is 5.56 Å². The first-order chi connectivity index (χ1) is 14.8. The molecule has 0 unspecified atom stereocenters. The van der Waals surface area contributed by atoms with E-state index in [0.717, 1.165) is 5.56 Å². The molecule has 1 nitrogen and oxygen atoms in total. The van der Waals surface area contributed by atoms with Crippen LogP contribution in [0, 0.1) is 11.3 Å². The summed E-state index contributed by atoms with van der Waals surface area (Å²) in [6.45, 7) is 0. The van der Waals surface area contributed by atoms with Crippen molar-refractivity contribution < 1.29 is 0 Å². The van der Waals surface area contributed by atoms with Crippen molar-refractivity contribution in [2.45, 2.75) is 0 Å². The largest absolute Gasteiger partial charge is 0.192 e. The topological polar surface area (TPSA) is 23.8 Å². The number of hydrogen-bond acceptors (Lipinski definition) is 1. The highest BCUT2D eigenvalue weighted by atomic mass is 14.2. The van der Waals surface area contributed by atoms with Gasteiger partial charge < -0.3 is 0 Å². The summed E-state index contributed by atoms with van der Waals surface area (Å²) in [7, 11) is 0. The van der Waals surface area contributed by atoms with E-state index in [9.17, 15) is 5.26 Å². The summed E-state index contributed by atoms with van der Waals surface area (Å²) in [5, 5.41) is 19.4. The highest BCUT2D eigenvalue weighted by Crippen LogP contribution is 2.42. The van der Waals surface area contributed by atoms with E-state index in [1.807, 2.05) is 12.1 Å². The van der Waals surface area contributed by atoms with Crippen LogP contribution in [0.3, 0.4) is 0 Å². The second kappa shape index (κ2) is 6.44. The zero-order valence-corrected chi connectivity index (χ0v) is 16.3. The Morgan fingerprint density at radius 3 is 1.53 bits per heavy atom.